The van der Waals surface area contributed by atoms with Crippen molar-refractivity contribution in [2.45, 2.75) is 26.3 Å². The van der Waals surface area contributed by atoms with E-state index in [4.69, 9.17) is 21.3 Å². The van der Waals surface area contributed by atoms with Crippen LogP contribution in [0.3, 0.4) is 0 Å². The summed E-state index contributed by atoms with van der Waals surface area (Å²) in [5, 5.41) is 5.54. The first-order valence-electron chi connectivity index (χ1n) is 10.7. The van der Waals surface area contributed by atoms with Gasteiger partial charge in [-0.05, 0) is 37.6 Å². The van der Waals surface area contributed by atoms with E-state index in [1.54, 1.807) is 38.9 Å². The average Bonchev–Trinajstić information content (AvgIpc) is 3.22. The van der Waals surface area contributed by atoms with Gasteiger partial charge >= 0.3 is 6.09 Å². The standard InChI is InChI=1S/C23H26ClN5O3/c1-4-11-32-23(31)28-9-10-29(15(2)14-28)22(30)16-5-6-17-18(24)13-20(26-19(17)12-16)21-7-8-25-27(21)3/h5-8,12-13,15H,4,9-11,14H2,1-3H3/t15-/m0/s1. The molecule has 9 heteroatoms. The van der Waals surface area contributed by atoms with Crippen LogP contribution in [0.25, 0.3) is 22.3 Å². The van der Waals surface area contributed by atoms with Crippen LogP contribution in [0.1, 0.15) is 30.6 Å². The number of amides is 2. The number of aryl methyl sites for hydroxylation is 1. The zero-order chi connectivity index (χ0) is 22.8. The minimum absolute atomic E-state index is 0.0927. The SMILES string of the molecule is CCCOC(=O)N1CCN(C(=O)c2ccc3c(Cl)cc(-c4ccnn4C)nc3c2)[C@@H](C)C1. The molecule has 1 aromatic carbocycles. The second-order valence-corrected chi connectivity index (χ2v) is 8.38. The maximum absolute atomic E-state index is 13.3. The summed E-state index contributed by atoms with van der Waals surface area (Å²) in [7, 11) is 1.84. The quantitative estimate of drug-likeness (QED) is 0.594. The monoisotopic (exact) mass is 455 g/mol. The second kappa shape index (κ2) is 9.16. The lowest BCUT2D eigenvalue weighted by atomic mass is 10.1. The molecule has 0 radical (unpaired) electrons. The molecular weight excluding hydrogens is 430 g/mol. The summed E-state index contributed by atoms with van der Waals surface area (Å²) < 4.78 is 6.95. The van der Waals surface area contributed by atoms with Gasteiger partial charge in [-0.2, -0.15) is 5.10 Å². The van der Waals surface area contributed by atoms with Crippen molar-refractivity contribution in [2.75, 3.05) is 26.2 Å². The van der Waals surface area contributed by atoms with Crippen molar-refractivity contribution in [2.24, 2.45) is 7.05 Å². The van der Waals surface area contributed by atoms with E-state index < -0.39 is 0 Å². The molecule has 32 heavy (non-hydrogen) atoms. The Balaban J connectivity index is 1.56. The van der Waals surface area contributed by atoms with E-state index in [1.165, 1.54) is 0 Å². The summed E-state index contributed by atoms with van der Waals surface area (Å²) in [5.74, 6) is -0.0927. The molecule has 8 nitrogen and oxygen atoms in total. The third kappa shape index (κ3) is 4.27. The fourth-order valence-electron chi connectivity index (χ4n) is 3.95. The molecule has 3 aromatic rings. The summed E-state index contributed by atoms with van der Waals surface area (Å²) >= 11 is 6.50. The van der Waals surface area contributed by atoms with Gasteiger partial charge in [0.1, 0.15) is 0 Å². The highest BCUT2D eigenvalue weighted by Gasteiger charge is 2.31. The smallest absolute Gasteiger partial charge is 0.409 e. The Morgan fingerprint density at radius 2 is 2.03 bits per heavy atom. The Bertz CT molecular complexity index is 1160. The first-order chi connectivity index (χ1) is 15.4. The maximum atomic E-state index is 13.3. The Kier molecular flexibility index (Phi) is 6.32. The molecule has 0 aliphatic carbocycles. The van der Waals surface area contributed by atoms with Gasteiger partial charge in [-0.15, -0.1) is 0 Å². The van der Waals surface area contributed by atoms with E-state index in [1.807, 2.05) is 33.0 Å². The molecule has 1 aliphatic heterocycles. The molecule has 1 saturated heterocycles. The van der Waals surface area contributed by atoms with Crippen LogP contribution < -0.4 is 0 Å². The highest BCUT2D eigenvalue weighted by molar-refractivity contribution is 6.35. The molecule has 0 spiro atoms. The van der Waals surface area contributed by atoms with Gasteiger partial charge in [-0.3, -0.25) is 9.48 Å². The van der Waals surface area contributed by atoms with Crippen molar-refractivity contribution in [1.82, 2.24) is 24.6 Å². The van der Waals surface area contributed by atoms with Gasteiger partial charge in [0.15, 0.2) is 0 Å². The summed E-state index contributed by atoms with van der Waals surface area (Å²) in [6.45, 7) is 5.63. The summed E-state index contributed by atoms with van der Waals surface area (Å²) in [5.41, 5.74) is 2.72. The van der Waals surface area contributed by atoms with Crippen LogP contribution >= 0.6 is 11.6 Å². The Labute approximate surface area is 191 Å². The lowest BCUT2D eigenvalue weighted by Gasteiger charge is -2.39. The fourth-order valence-corrected chi connectivity index (χ4v) is 4.21. The minimum Gasteiger partial charge on any atom is -0.449 e. The lowest BCUT2D eigenvalue weighted by molar-refractivity contribution is 0.0414. The molecule has 0 saturated carbocycles. The highest BCUT2D eigenvalue weighted by Crippen LogP contribution is 2.29. The number of fused-ring (bicyclic) bond motifs is 1. The second-order valence-electron chi connectivity index (χ2n) is 7.97. The van der Waals surface area contributed by atoms with Crippen molar-refractivity contribution in [3.05, 3.63) is 47.1 Å². The predicted molar refractivity (Wildman–Crippen MR) is 123 cm³/mol. The number of pyridine rings is 1. The highest BCUT2D eigenvalue weighted by atomic mass is 35.5. The van der Waals surface area contributed by atoms with Gasteiger partial charge in [-0.1, -0.05) is 24.6 Å². The summed E-state index contributed by atoms with van der Waals surface area (Å²) in [4.78, 5) is 33.6. The molecule has 1 atom stereocenters. The number of ether oxygens (including phenoxy) is 1. The zero-order valence-electron chi connectivity index (χ0n) is 18.4. The van der Waals surface area contributed by atoms with Crippen LogP contribution in [-0.2, 0) is 11.8 Å². The zero-order valence-corrected chi connectivity index (χ0v) is 19.2. The van der Waals surface area contributed by atoms with Gasteiger partial charge in [0.2, 0.25) is 0 Å². The molecule has 3 heterocycles. The summed E-state index contributed by atoms with van der Waals surface area (Å²) in [6, 6.07) is 8.93. The number of nitrogens with zero attached hydrogens (tertiary/aromatic N) is 5. The van der Waals surface area contributed by atoms with Crippen LogP contribution in [0.2, 0.25) is 5.02 Å². The van der Waals surface area contributed by atoms with Crippen molar-refractivity contribution >= 4 is 34.5 Å². The van der Waals surface area contributed by atoms with Gasteiger partial charge in [-0.25, -0.2) is 9.78 Å². The van der Waals surface area contributed by atoms with Crippen molar-refractivity contribution in [3.63, 3.8) is 0 Å². The van der Waals surface area contributed by atoms with E-state index in [9.17, 15) is 9.59 Å². The van der Waals surface area contributed by atoms with Crippen molar-refractivity contribution in [3.8, 4) is 11.4 Å². The van der Waals surface area contributed by atoms with E-state index in [2.05, 4.69) is 5.10 Å². The first-order valence-corrected chi connectivity index (χ1v) is 11.1. The van der Waals surface area contributed by atoms with Crippen LogP contribution in [0.5, 0.6) is 0 Å². The van der Waals surface area contributed by atoms with E-state index in [0.29, 0.717) is 48.0 Å². The number of benzene rings is 1. The van der Waals surface area contributed by atoms with Gasteiger partial charge in [0, 0.05) is 49.9 Å². The number of rotatable bonds is 4. The minimum atomic E-state index is -0.321. The van der Waals surface area contributed by atoms with E-state index in [0.717, 1.165) is 17.5 Å². The Hall–Kier alpha value is -3.13. The average molecular weight is 456 g/mol. The molecule has 0 bridgehead atoms. The van der Waals surface area contributed by atoms with Crippen molar-refractivity contribution < 1.29 is 14.3 Å². The van der Waals surface area contributed by atoms with Crippen LogP contribution in [-0.4, -0.2) is 68.8 Å². The maximum Gasteiger partial charge on any atom is 0.409 e. The Morgan fingerprint density at radius 3 is 2.72 bits per heavy atom. The number of carbonyl (C=O) groups is 2. The molecule has 0 unspecified atom stereocenters. The third-order valence-electron chi connectivity index (χ3n) is 5.67. The number of aromatic nitrogens is 3. The molecule has 2 aromatic heterocycles. The van der Waals surface area contributed by atoms with Gasteiger partial charge < -0.3 is 14.5 Å². The molecule has 4 rings (SSSR count). The number of piperazine rings is 1. The van der Waals surface area contributed by atoms with Crippen LogP contribution in [0, 0.1) is 0 Å². The van der Waals surface area contributed by atoms with Gasteiger partial charge in [0.25, 0.3) is 5.91 Å². The number of halogens is 1. The fraction of sp³-hybridized carbons (Fsp3) is 0.391. The van der Waals surface area contributed by atoms with E-state index >= 15 is 0 Å². The number of hydrogen-bond donors (Lipinski definition) is 0. The van der Waals surface area contributed by atoms with Crippen LogP contribution in [0.4, 0.5) is 4.79 Å². The first kappa shape index (κ1) is 22.1. The molecular formula is C23H26ClN5O3. The third-order valence-corrected chi connectivity index (χ3v) is 5.98. The van der Waals surface area contributed by atoms with Gasteiger partial charge in [0.05, 0.1) is 28.5 Å². The molecule has 1 fully saturated rings. The lowest BCUT2D eigenvalue weighted by Crippen LogP contribution is -2.55. The molecule has 168 valence electrons. The largest absolute Gasteiger partial charge is 0.449 e. The Morgan fingerprint density at radius 1 is 1.22 bits per heavy atom. The number of carbonyl (C=O) groups excluding carboxylic acids is 2. The van der Waals surface area contributed by atoms with Crippen molar-refractivity contribution in [1.29, 1.82) is 0 Å². The van der Waals surface area contributed by atoms with E-state index in [-0.39, 0.29) is 18.0 Å². The molecule has 2 amide bonds. The summed E-state index contributed by atoms with van der Waals surface area (Å²) in [6.07, 6.45) is 2.16. The number of hydrogen-bond acceptors (Lipinski definition) is 5. The van der Waals surface area contributed by atoms with Crippen LogP contribution in [0.15, 0.2) is 36.5 Å². The molecule has 0 N–H and O–H groups in total. The molecule has 1 aliphatic rings. The predicted octanol–water partition coefficient (Wildman–Crippen LogP) is 3.98. The normalized spacial score (nSPS) is 16.4. The topological polar surface area (TPSA) is 80.6 Å².